The number of primary sulfonamides is 1. The van der Waals surface area contributed by atoms with Crippen molar-refractivity contribution >= 4 is 15.9 Å². The molecule has 3 N–H and O–H groups in total. The third-order valence-electron chi connectivity index (χ3n) is 3.80. The molecule has 0 aliphatic heterocycles. The van der Waals surface area contributed by atoms with Crippen LogP contribution in [-0.4, -0.2) is 14.3 Å². The lowest BCUT2D eigenvalue weighted by molar-refractivity contribution is 0.0939. The summed E-state index contributed by atoms with van der Waals surface area (Å²) < 4.78 is 22.8. The van der Waals surface area contributed by atoms with E-state index in [1.165, 1.54) is 12.1 Å². The van der Waals surface area contributed by atoms with E-state index in [1.54, 1.807) is 25.1 Å². The lowest BCUT2D eigenvalue weighted by atomic mass is 10.0. The van der Waals surface area contributed by atoms with Gasteiger partial charge in [-0.3, -0.25) is 4.79 Å². The third-order valence-corrected chi connectivity index (χ3v) is 4.71. The van der Waals surface area contributed by atoms with Gasteiger partial charge in [-0.15, -0.1) is 0 Å². The van der Waals surface area contributed by atoms with Crippen molar-refractivity contribution in [2.75, 3.05) is 0 Å². The zero-order valence-corrected chi connectivity index (χ0v) is 14.1. The molecule has 0 fully saturated rings. The van der Waals surface area contributed by atoms with Gasteiger partial charge in [0.15, 0.2) is 0 Å². The topological polar surface area (TPSA) is 89.3 Å². The molecule has 0 aliphatic carbocycles. The molecular weight excluding hydrogens is 312 g/mol. The van der Waals surface area contributed by atoms with Crippen LogP contribution in [0.4, 0.5) is 0 Å². The van der Waals surface area contributed by atoms with Gasteiger partial charge in [0.2, 0.25) is 10.0 Å². The molecule has 2 rings (SSSR count). The van der Waals surface area contributed by atoms with Gasteiger partial charge in [0.25, 0.3) is 5.91 Å². The summed E-state index contributed by atoms with van der Waals surface area (Å²) in [6, 6.07) is 11.4. The number of nitrogens with one attached hydrogen (secondary N) is 1. The number of carbonyl (C=O) groups is 1. The van der Waals surface area contributed by atoms with Crippen molar-refractivity contribution in [1.82, 2.24) is 5.32 Å². The standard InChI is InChI=1S/C17H20N2O3S/c1-11-7-8-15(9-12(11)2)17(20)19-13(3)14-5-4-6-16(10-14)23(18,21)22/h4-10,13H,1-3H3,(H,19,20)(H2,18,21,22). The van der Waals surface area contributed by atoms with Crippen LogP contribution in [-0.2, 0) is 10.0 Å². The van der Waals surface area contributed by atoms with Gasteiger partial charge in [0.1, 0.15) is 0 Å². The monoisotopic (exact) mass is 332 g/mol. The van der Waals surface area contributed by atoms with Gasteiger partial charge in [-0.1, -0.05) is 18.2 Å². The zero-order chi connectivity index (χ0) is 17.2. The fourth-order valence-corrected chi connectivity index (χ4v) is 2.78. The van der Waals surface area contributed by atoms with Crippen LogP contribution in [0, 0.1) is 13.8 Å². The van der Waals surface area contributed by atoms with Gasteiger partial charge in [0.05, 0.1) is 10.9 Å². The molecule has 5 nitrogen and oxygen atoms in total. The highest BCUT2D eigenvalue weighted by molar-refractivity contribution is 7.89. The predicted octanol–water partition coefficient (Wildman–Crippen LogP) is 2.44. The Kier molecular flexibility index (Phi) is 4.87. The second-order valence-electron chi connectivity index (χ2n) is 5.61. The van der Waals surface area contributed by atoms with Gasteiger partial charge < -0.3 is 5.32 Å². The Bertz CT molecular complexity index is 845. The van der Waals surface area contributed by atoms with E-state index in [0.29, 0.717) is 11.1 Å². The minimum absolute atomic E-state index is 0.0299. The summed E-state index contributed by atoms with van der Waals surface area (Å²) in [5.74, 6) is -0.207. The quantitative estimate of drug-likeness (QED) is 0.901. The largest absolute Gasteiger partial charge is 0.346 e. The van der Waals surface area contributed by atoms with E-state index < -0.39 is 10.0 Å². The Morgan fingerprint density at radius 3 is 2.39 bits per heavy atom. The molecular formula is C17H20N2O3S. The molecule has 6 heteroatoms. The molecule has 2 aromatic carbocycles. The highest BCUT2D eigenvalue weighted by Crippen LogP contribution is 2.18. The fraction of sp³-hybridized carbons (Fsp3) is 0.235. The van der Waals surface area contributed by atoms with Crippen molar-refractivity contribution in [3.63, 3.8) is 0 Å². The summed E-state index contributed by atoms with van der Waals surface area (Å²) in [6.45, 7) is 5.73. The Balaban J connectivity index is 2.20. The number of hydrogen-bond acceptors (Lipinski definition) is 3. The van der Waals surface area contributed by atoms with Gasteiger partial charge in [-0.25, -0.2) is 13.6 Å². The van der Waals surface area contributed by atoms with E-state index in [0.717, 1.165) is 11.1 Å². The van der Waals surface area contributed by atoms with Crippen LogP contribution in [0.15, 0.2) is 47.4 Å². The van der Waals surface area contributed by atoms with Crippen molar-refractivity contribution in [2.45, 2.75) is 31.7 Å². The molecule has 0 bridgehead atoms. The first-order chi connectivity index (χ1) is 10.7. The van der Waals surface area contributed by atoms with Gasteiger partial charge in [-0.2, -0.15) is 0 Å². The maximum atomic E-state index is 12.3. The molecule has 0 heterocycles. The Labute approximate surface area is 136 Å². The minimum atomic E-state index is -3.76. The first-order valence-electron chi connectivity index (χ1n) is 7.19. The lowest BCUT2D eigenvalue weighted by Gasteiger charge is -2.15. The van der Waals surface area contributed by atoms with Crippen LogP contribution < -0.4 is 10.5 Å². The summed E-state index contributed by atoms with van der Waals surface area (Å²) in [4.78, 5) is 12.3. The summed E-state index contributed by atoms with van der Waals surface area (Å²) in [6.07, 6.45) is 0. The average Bonchev–Trinajstić information content (AvgIpc) is 2.49. The smallest absolute Gasteiger partial charge is 0.251 e. The first-order valence-corrected chi connectivity index (χ1v) is 8.74. The minimum Gasteiger partial charge on any atom is -0.346 e. The van der Waals surface area contributed by atoms with E-state index in [-0.39, 0.29) is 16.8 Å². The Morgan fingerprint density at radius 1 is 1.09 bits per heavy atom. The van der Waals surface area contributed by atoms with Crippen LogP contribution in [0.5, 0.6) is 0 Å². The second-order valence-corrected chi connectivity index (χ2v) is 7.17. The summed E-state index contributed by atoms with van der Waals surface area (Å²) in [5.41, 5.74) is 3.41. The van der Waals surface area contributed by atoms with Crippen LogP contribution >= 0.6 is 0 Å². The van der Waals surface area contributed by atoms with Crippen molar-refractivity contribution in [2.24, 2.45) is 5.14 Å². The molecule has 23 heavy (non-hydrogen) atoms. The lowest BCUT2D eigenvalue weighted by Crippen LogP contribution is -2.27. The van der Waals surface area contributed by atoms with E-state index in [1.807, 2.05) is 26.0 Å². The van der Waals surface area contributed by atoms with Crippen molar-refractivity contribution in [1.29, 1.82) is 0 Å². The maximum absolute atomic E-state index is 12.3. The normalized spacial score (nSPS) is 12.7. The number of rotatable bonds is 4. The van der Waals surface area contributed by atoms with Crippen LogP contribution in [0.1, 0.15) is 40.0 Å². The van der Waals surface area contributed by atoms with Crippen molar-refractivity contribution in [3.8, 4) is 0 Å². The van der Waals surface area contributed by atoms with Gasteiger partial charge in [-0.05, 0) is 61.7 Å². The van der Waals surface area contributed by atoms with E-state index in [2.05, 4.69) is 5.32 Å². The average molecular weight is 332 g/mol. The number of hydrogen-bond donors (Lipinski definition) is 2. The molecule has 0 aromatic heterocycles. The zero-order valence-electron chi connectivity index (χ0n) is 13.3. The third kappa shape index (κ3) is 4.18. The summed E-state index contributed by atoms with van der Waals surface area (Å²) >= 11 is 0. The number of carbonyl (C=O) groups excluding carboxylic acids is 1. The molecule has 1 amide bonds. The Morgan fingerprint density at radius 2 is 1.78 bits per heavy atom. The maximum Gasteiger partial charge on any atom is 0.251 e. The van der Waals surface area contributed by atoms with Crippen molar-refractivity contribution in [3.05, 3.63) is 64.7 Å². The fourth-order valence-electron chi connectivity index (χ4n) is 2.21. The molecule has 0 aliphatic rings. The van der Waals surface area contributed by atoms with Gasteiger partial charge in [0, 0.05) is 5.56 Å². The number of nitrogens with two attached hydrogens (primary N) is 1. The van der Waals surface area contributed by atoms with Crippen LogP contribution in [0.25, 0.3) is 0 Å². The van der Waals surface area contributed by atoms with E-state index >= 15 is 0 Å². The molecule has 0 spiro atoms. The van der Waals surface area contributed by atoms with E-state index in [4.69, 9.17) is 5.14 Å². The number of benzene rings is 2. The predicted molar refractivity (Wildman–Crippen MR) is 89.6 cm³/mol. The second kappa shape index (κ2) is 6.52. The van der Waals surface area contributed by atoms with Gasteiger partial charge >= 0.3 is 0 Å². The van der Waals surface area contributed by atoms with E-state index in [9.17, 15) is 13.2 Å². The molecule has 1 unspecified atom stereocenters. The Hall–Kier alpha value is -2.18. The number of amides is 1. The molecule has 2 aromatic rings. The SMILES string of the molecule is Cc1ccc(C(=O)NC(C)c2cccc(S(N)(=O)=O)c2)cc1C. The van der Waals surface area contributed by atoms with Crippen LogP contribution in [0.3, 0.4) is 0 Å². The molecule has 1 atom stereocenters. The molecule has 0 saturated carbocycles. The summed E-state index contributed by atoms with van der Waals surface area (Å²) in [7, 11) is -3.76. The summed E-state index contributed by atoms with van der Waals surface area (Å²) in [5, 5.41) is 8.00. The number of sulfonamides is 1. The molecule has 0 radical (unpaired) electrons. The van der Waals surface area contributed by atoms with Crippen LogP contribution in [0.2, 0.25) is 0 Å². The molecule has 122 valence electrons. The number of aryl methyl sites for hydroxylation is 2. The molecule has 0 saturated heterocycles. The highest BCUT2D eigenvalue weighted by Gasteiger charge is 2.14. The highest BCUT2D eigenvalue weighted by atomic mass is 32.2. The van der Waals surface area contributed by atoms with Crippen molar-refractivity contribution < 1.29 is 13.2 Å². The first kappa shape index (κ1) is 17.2.